The van der Waals surface area contributed by atoms with Crippen LogP contribution in [0.4, 0.5) is 0 Å². The SMILES string of the molecule is CCCCCCCCCCCCCCNC(=O)CC1CCCC1. The number of rotatable bonds is 15. The van der Waals surface area contributed by atoms with Crippen LogP contribution in [-0.2, 0) is 4.79 Å². The van der Waals surface area contributed by atoms with E-state index in [9.17, 15) is 4.79 Å². The first kappa shape index (κ1) is 20.5. The van der Waals surface area contributed by atoms with Crippen LogP contribution >= 0.6 is 0 Å². The highest BCUT2D eigenvalue weighted by Crippen LogP contribution is 2.27. The van der Waals surface area contributed by atoms with Crippen LogP contribution in [0.1, 0.15) is 116 Å². The minimum atomic E-state index is 0.292. The van der Waals surface area contributed by atoms with Crippen LogP contribution in [0.5, 0.6) is 0 Å². The van der Waals surface area contributed by atoms with Crippen LogP contribution in [0.3, 0.4) is 0 Å². The molecule has 1 aliphatic rings. The maximum Gasteiger partial charge on any atom is 0.220 e. The van der Waals surface area contributed by atoms with Gasteiger partial charge in [0, 0.05) is 13.0 Å². The number of carbonyl (C=O) groups excluding carboxylic acids is 1. The Hall–Kier alpha value is -0.530. The van der Waals surface area contributed by atoms with Gasteiger partial charge in [0.2, 0.25) is 5.91 Å². The lowest BCUT2D eigenvalue weighted by molar-refractivity contribution is -0.121. The van der Waals surface area contributed by atoms with Crippen LogP contribution in [-0.4, -0.2) is 12.5 Å². The van der Waals surface area contributed by atoms with Crippen molar-refractivity contribution < 1.29 is 4.79 Å². The number of hydrogen-bond acceptors (Lipinski definition) is 1. The van der Waals surface area contributed by atoms with Gasteiger partial charge in [0.25, 0.3) is 0 Å². The molecule has 1 N–H and O–H groups in total. The molecule has 0 aliphatic heterocycles. The monoisotopic (exact) mass is 323 g/mol. The molecule has 2 nitrogen and oxygen atoms in total. The molecule has 1 amide bonds. The Bertz CT molecular complexity index is 271. The summed E-state index contributed by atoms with van der Waals surface area (Å²) in [7, 11) is 0. The van der Waals surface area contributed by atoms with E-state index in [1.165, 1.54) is 96.3 Å². The van der Waals surface area contributed by atoms with Crippen molar-refractivity contribution in [3.8, 4) is 0 Å². The summed E-state index contributed by atoms with van der Waals surface area (Å²) < 4.78 is 0. The van der Waals surface area contributed by atoms with Gasteiger partial charge < -0.3 is 5.32 Å². The number of amides is 1. The van der Waals surface area contributed by atoms with E-state index in [0.29, 0.717) is 11.8 Å². The van der Waals surface area contributed by atoms with Crippen LogP contribution in [0.25, 0.3) is 0 Å². The number of carbonyl (C=O) groups is 1. The zero-order valence-corrected chi connectivity index (χ0v) is 15.7. The second-order valence-corrected chi connectivity index (χ2v) is 7.59. The van der Waals surface area contributed by atoms with Crippen molar-refractivity contribution >= 4 is 5.91 Å². The first-order valence-electron chi connectivity index (χ1n) is 10.6. The Balaban J connectivity index is 1.73. The second kappa shape index (κ2) is 15.0. The molecule has 0 bridgehead atoms. The van der Waals surface area contributed by atoms with E-state index < -0.39 is 0 Å². The predicted molar refractivity (Wildman–Crippen MR) is 101 cm³/mol. The summed E-state index contributed by atoms with van der Waals surface area (Å²) in [5.41, 5.74) is 0. The summed E-state index contributed by atoms with van der Waals surface area (Å²) in [6, 6.07) is 0. The third-order valence-corrected chi connectivity index (χ3v) is 5.30. The van der Waals surface area contributed by atoms with Crippen molar-refractivity contribution in [3.05, 3.63) is 0 Å². The molecule has 0 aromatic rings. The fourth-order valence-electron chi connectivity index (χ4n) is 3.74. The average molecular weight is 324 g/mol. The van der Waals surface area contributed by atoms with Gasteiger partial charge in [-0.05, 0) is 25.2 Å². The molecule has 2 heteroatoms. The fraction of sp³-hybridized carbons (Fsp3) is 0.952. The van der Waals surface area contributed by atoms with Gasteiger partial charge >= 0.3 is 0 Å². The maximum atomic E-state index is 11.8. The van der Waals surface area contributed by atoms with Gasteiger partial charge in [-0.15, -0.1) is 0 Å². The van der Waals surface area contributed by atoms with E-state index in [4.69, 9.17) is 0 Å². The van der Waals surface area contributed by atoms with Crippen molar-refractivity contribution in [3.63, 3.8) is 0 Å². The molecular formula is C21H41NO. The van der Waals surface area contributed by atoms with E-state index in [-0.39, 0.29) is 0 Å². The first-order valence-corrected chi connectivity index (χ1v) is 10.6. The molecule has 0 spiro atoms. The Kier molecular flexibility index (Phi) is 13.4. The maximum absolute atomic E-state index is 11.8. The summed E-state index contributed by atoms with van der Waals surface area (Å²) in [6.07, 6.45) is 22.5. The van der Waals surface area contributed by atoms with Crippen LogP contribution < -0.4 is 5.32 Å². The van der Waals surface area contributed by atoms with Gasteiger partial charge in [-0.3, -0.25) is 4.79 Å². The molecule has 0 unspecified atom stereocenters. The molecule has 136 valence electrons. The topological polar surface area (TPSA) is 29.1 Å². The highest BCUT2D eigenvalue weighted by atomic mass is 16.1. The molecule has 23 heavy (non-hydrogen) atoms. The van der Waals surface area contributed by atoms with E-state index in [0.717, 1.165) is 19.4 Å². The Morgan fingerprint density at radius 2 is 1.26 bits per heavy atom. The second-order valence-electron chi connectivity index (χ2n) is 7.59. The highest BCUT2D eigenvalue weighted by molar-refractivity contribution is 5.76. The van der Waals surface area contributed by atoms with Gasteiger partial charge in [-0.2, -0.15) is 0 Å². The lowest BCUT2D eigenvalue weighted by Gasteiger charge is -2.09. The molecule has 0 aromatic carbocycles. The zero-order valence-electron chi connectivity index (χ0n) is 15.7. The van der Waals surface area contributed by atoms with Crippen molar-refractivity contribution in [2.24, 2.45) is 5.92 Å². The fourth-order valence-corrected chi connectivity index (χ4v) is 3.74. The zero-order chi connectivity index (χ0) is 16.6. The van der Waals surface area contributed by atoms with Gasteiger partial charge in [-0.1, -0.05) is 90.4 Å². The van der Waals surface area contributed by atoms with Gasteiger partial charge in [-0.25, -0.2) is 0 Å². The van der Waals surface area contributed by atoms with Crippen molar-refractivity contribution in [1.29, 1.82) is 0 Å². The third kappa shape index (κ3) is 12.5. The smallest absolute Gasteiger partial charge is 0.220 e. The van der Waals surface area contributed by atoms with Crippen molar-refractivity contribution in [2.75, 3.05) is 6.54 Å². The first-order chi connectivity index (χ1) is 11.3. The summed E-state index contributed by atoms with van der Waals surface area (Å²) in [5, 5.41) is 3.11. The normalized spacial score (nSPS) is 15.2. The highest BCUT2D eigenvalue weighted by Gasteiger charge is 2.17. The Morgan fingerprint density at radius 3 is 1.78 bits per heavy atom. The summed E-state index contributed by atoms with van der Waals surface area (Å²) in [6.45, 7) is 3.17. The molecule has 1 saturated carbocycles. The summed E-state index contributed by atoms with van der Waals surface area (Å²) in [4.78, 5) is 11.8. The van der Waals surface area contributed by atoms with Crippen molar-refractivity contribution in [2.45, 2.75) is 116 Å². The minimum Gasteiger partial charge on any atom is -0.356 e. The van der Waals surface area contributed by atoms with Gasteiger partial charge in [0.05, 0.1) is 0 Å². The molecule has 0 heterocycles. The van der Waals surface area contributed by atoms with E-state index in [1.54, 1.807) is 0 Å². The molecule has 0 saturated heterocycles. The Morgan fingerprint density at radius 1 is 0.783 bits per heavy atom. The molecule has 1 rings (SSSR count). The third-order valence-electron chi connectivity index (χ3n) is 5.30. The van der Waals surface area contributed by atoms with E-state index >= 15 is 0 Å². The summed E-state index contributed by atoms with van der Waals surface area (Å²) in [5.74, 6) is 0.969. The quantitative estimate of drug-likeness (QED) is 0.348. The minimum absolute atomic E-state index is 0.292. The van der Waals surface area contributed by atoms with Gasteiger partial charge in [0.15, 0.2) is 0 Å². The van der Waals surface area contributed by atoms with E-state index in [2.05, 4.69) is 12.2 Å². The summed E-state index contributed by atoms with van der Waals surface area (Å²) >= 11 is 0. The lowest BCUT2D eigenvalue weighted by atomic mass is 10.0. The van der Waals surface area contributed by atoms with E-state index in [1.807, 2.05) is 0 Å². The predicted octanol–water partition coefficient (Wildman–Crippen LogP) is 6.38. The molecule has 1 aliphatic carbocycles. The van der Waals surface area contributed by atoms with Crippen LogP contribution in [0, 0.1) is 5.92 Å². The standard InChI is InChI=1S/C21H41NO/c1-2-3-4-5-6-7-8-9-10-11-12-15-18-22-21(23)19-20-16-13-14-17-20/h20H,2-19H2,1H3,(H,22,23). The molecule has 0 atom stereocenters. The largest absolute Gasteiger partial charge is 0.356 e. The molecule has 0 radical (unpaired) electrons. The number of hydrogen-bond donors (Lipinski definition) is 1. The lowest BCUT2D eigenvalue weighted by Crippen LogP contribution is -2.25. The number of unbranched alkanes of at least 4 members (excludes halogenated alkanes) is 11. The van der Waals surface area contributed by atoms with Crippen LogP contribution in [0.2, 0.25) is 0 Å². The molecule has 0 aromatic heterocycles. The van der Waals surface area contributed by atoms with Gasteiger partial charge in [0.1, 0.15) is 0 Å². The van der Waals surface area contributed by atoms with Crippen molar-refractivity contribution in [1.82, 2.24) is 5.32 Å². The molecule has 1 fully saturated rings. The molecular weight excluding hydrogens is 282 g/mol. The number of nitrogens with one attached hydrogen (secondary N) is 1. The Labute approximate surface area is 145 Å². The van der Waals surface area contributed by atoms with Crippen LogP contribution in [0.15, 0.2) is 0 Å². The average Bonchev–Trinajstić information content (AvgIpc) is 3.04.